The lowest BCUT2D eigenvalue weighted by molar-refractivity contribution is 0.265. The molecule has 8 heteroatoms. The molecule has 0 spiro atoms. The van der Waals surface area contributed by atoms with E-state index in [1.54, 1.807) is 7.05 Å². The molecule has 0 fully saturated rings. The zero-order valence-electron chi connectivity index (χ0n) is 15.0. The molecule has 0 bridgehead atoms. The highest BCUT2D eigenvalue weighted by atomic mass is 127. The minimum atomic E-state index is -0.735. The first kappa shape index (κ1) is 23.1. The molecule has 0 aromatic heterocycles. The zero-order chi connectivity index (χ0) is 18.8. The van der Waals surface area contributed by atoms with Gasteiger partial charge in [-0.3, -0.25) is 4.99 Å². The molecule has 2 rings (SSSR count). The Morgan fingerprint density at radius 2 is 1.89 bits per heavy atom. The van der Waals surface area contributed by atoms with Crippen LogP contribution in [0.4, 0.5) is 8.78 Å². The van der Waals surface area contributed by atoms with E-state index in [-0.39, 0.29) is 48.9 Å². The minimum Gasteiger partial charge on any atom is -0.489 e. The van der Waals surface area contributed by atoms with Gasteiger partial charge < -0.3 is 20.5 Å². The molecule has 0 aliphatic carbocycles. The third-order valence-electron chi connectivity index (χ3n) is 3.78. The summed E-state index contributed by atoms with van der Waals surface area (Å²) in [7, 11) is 1.63. The molecular weight excluding hydrogens is 467 g/mol. The fourth-order valence-corrected chi connectivity index (χ4v) is 2.38. The van der Waals surface area contributed by atoms with E-state index in [4.69, 9.17) is 4.74 Å². The van der Waals surface area contributed by atoms with Crippen LogP contribution >= 0.6 is 24.0 Å². The quantitative estimate of drug-likeness (QED) is 0.230. The van der Waals surface area contributed by atoms with Gasteiger partial charge in [0.2, 0.25) is 0 Å². The van der Waals surface area contributed by atoms with Crippen LogP contribution in [0.3, 0.4) is 0 Å². The second kappa shape index (κ2) is 12.4. The maximum Gasteiger partial charge on any atom is 0.191 e. The predicted molar refractivity (Wildman–Crippen MR) is 113 cm³/mol. The number of rotatable bonds is 8. The monoisotopic (exact) mass is 491 g/mol. The Morgan fingerprint density at radius 3 is 2.52 bits per heavy atom. The molecular formula is C19H24F2IN3O2. The molecule has 0 radical (unpaired) electrons. The van der Waals surface area contributed by atoms with Gasteiger partial charge in [0, 0.05) is 25.6 Å². The summed E-state index contributed by atoms with van der Waals surface area (Å²) in [5.74, 6) is -0.891. The van der Waals surface area contributed by atoms with Gasteiger partial charge in [0.25, 0.3) is 0 Å². The van der Waals surface area contributed by atoms with Gasteiger partial charge >= 0.3 is 0 Å². The highest BCUT2D eigenvalue weighted by Gasteiger charge is 2.11. The zero-order valence-corrected chi connectivity index (χ0v) is 17.3. The normalized spacial score (nSPS) is 12.1. The average Bonchev–Trinajstić information content (AvgIpc) is 2.66. The van der Waals surface area contributed by atoms with E-state index < -0.39 is 11.6 Å². The molecule has 0 aliphatic rings. The summed E-state index contributed by atoms with van der Waals surface area (Å²) in [4.78, 5) is 4.10. The Morgan fingerprint density at radius 1 is 1.15 bits per heavy atom. The van der Waals surface area contributed by atoms with E-state index in [2.05, 4.69) is 15.6 Å². The highest BCUT2D eigenvalue weighted by molar-refractivity contribution is 14.0. The van der Waals surface area contributed by atoms with Gasteiger partial charge in [-0.05, 0) is 17.7 Å². The van der Waals surface area contributed by atoms with E-state index in [0.717, 1.165) is 17.7 Å². The Kier molecular flexibility index (Phi) is 10.6. The topological polar surface area (TPSA) is 65.9 Å². The molecule has 0 aliphatic heterocycles. The van der Waals surface area contributed by atoms with E-state index in [9.17, 15) is 13.9 Å². The Bertz CT molecular complexity index is 717. The molecule has 2 aromatic carbocycles. The fraction of sp³-hybridized carbons (Fsp3) is 0.316. The van der Waals surface area contributed by atoms with Crippen molar-refractivity contribution < 1.29 is 18.6 Å². The van der Waals surface area contributed by atoms with E-state index in [1.807, 2.05) is 30.3 Å². The number of aliphatic imine (C=N–C) groups is 1. The number of hydrogen-bond donors (Lipinski definition) is 3. The van der Waals surface area contributed by atoms with E-state index in [1.165, 1.54) is 6.07 Å². The van der Waals surface area contributed by atoms with Crippen LogP contribution in [0.15, 0.2) is 53.5 Å². The van der Waals surface area contributed by atoms with Crippen molar-refractivity contribution in [3.8, 4) is 5.75 Å². The number of benzene rings is 2. The molecule has 2 aromatic rings. The van der Waals surface area contributed by atoms with Crippen LogP contribution in [0, 0.1) is 11.6 Å². The third kappa shape index (κ3) is 7.67. The van der Waals surface area contributed by atoms with Gasteiger partial charge in [-0.2, -0.15) is 0 Å². The first-order valence-electron chi connectivity index (χ1n) is 8.32. The third-order valence-corrected chi connectivity index (χ3v) is 3.78. The van der Waals surface area contributed by atoms with Gasteiger partial charge in [0.1, 0.15) is 12.4 Å². The number of nitrogens with one attached hydrogen (secondary N) is 2. The summed E-state index contributed by atoms with van der Waals surface area (Å²) in [6.07, 6.45) is 0. The second-order valence-electron chi connectivity index (χ2n) is 5.59. The number of aliphatic hydroxyl groups excluding tert-OH is 1. The lowest BCUT2D eigenvalue weighted by Gasteiger charge is -2.18. The van der Waals surface area contributed by atoms with Gasteiger partial charge in [-0.25, -0.2) is 8.78 Å². The van der Waals surface area contributed by atoms with Crippen LogP contribution in [0.25, 0.3) is 0 Å². The predicted octanol–water partition coefficient (Wildman–Crippen LogP) is 2.90. The van der Waals surface area contributed by atoms with Gasteiger partial charge in [0.15, 0.2) is 17.5 Å². The van der Waals surface area contributed by atoms with Gasteiger partial charge in [-0.15, -0.1) is 24.0 Å². The van der Waals surface area contributed by atoms with Crippen LogP contribution in [0.1, 0.15) is 11.5 Å². The van der Waals surface area contributed by atoms with E-state index in [0.29, 0.717) is 19.0 Å². The van der Waals surface area contributed by atoms with Crippen LogP contribution in [0.5, 0.6) is 5.75 Å². The number of halogens is 3. The summed E-state index contributed by atoms with van der Waals surface area (Å²) < 4.78 is 31.6. The lowest BCUT2D eigenvalue weighted by atomic mass is 10.0. The fourth-order valence-electron chi connectivity index (χ4n) is 2.38. The van der Waals surface area contributed by atoms with Crippen molar-refractivity contribution in [2.45, 2.75) is 5.92 Å². The van der Waals surface area contributed by atoms with E-state index >= 15 is 0 Å². The number of guanidine groups is 1. The molecule has 0 saturated carbocycles. The molecule has 1 atom stereocenters. The number of hydrogen-bond acceptors (Lipinski definition) is 3. The molecule has 0 saturated heterocycles. The number of aliphatic hydroxyl groups is 1. The summed E-state index contributed by atoms with van der Waals surface area (Å²) in [5, 5.41) is 15.7. The number of ether oxygens (including phenoxy) is 1. The summed E-state index contributed by atoms with van der Waals surface area (Å²) in [6, 6.07) is 12.9. The first-order valence-corrected chi connectivity index (χ1v) is 8.32. The van der Waals surface area contributed by atoms with Crippen molar-refractivity contribution in [2.75, 3.05) is 33.4 Å². The van der Waals surface area contributed by atoms with Gasteiger partial charge in [-0.1, -0.05) is 30.3 Å². The maximum atomic E-state index is 13.5. The Labute approximate surface area is 174 Å². The summed E-state index contributed by atoms with van der Waals surface area (Å²) in [5.41, 5.74) is 1.04. The van der Waals surface area contributed by atoms with Crippen LogP contribution in [0.2, 0.25) is 0 Å². The van der Waals surface area contributed by atoms with Crippen LogP contribution in [-0.2, 0) is 0 Å². The van der Waals surface area contributed by atoms with Crippen LogP contribution in [-0.4, -0.2) is 44.4 Å². The maximum absolute atomic E-state index is 13.5. The minimum absolute atomic E-state index is 0. The molecule has 0 amide bonds. The van der Waals surface area contributed by atoms with Crippen LogP contribution < -0.4 is 15.4 Å². The average molecular weight is 491 g/mol. The summed E-state index contributed by atoms with van der Waals surface area (Å²) >= 11 is 0. The lowest BCUT2D eigenvalue weighted by Crippen LogP contribution is -2.41. The Hall–Kier alpha value is -1.94. The summed E-state index contributed by atoms with van der Waals surface area (Å²) in [6.45, 7) is 1.09. The molecule has 5 nitrogen and oxygen atoms in total. The number of nitrogens with zero attached hydrogens (tertiary/aromatic N) is 1. The second-order valence-corrected chi connectivity index (χ2v) is 5.59. The van der Waals surface area contributed by atoms with Crippen molar-refractivity contribution in [3.05, 3.63) is 65.7 Å². The molecule has 148 valence electrons. The molecule has 27 heavy (non-hydrogen) atoms. The highest BCUT2D eigenvalue weighted by Crippen LogP contribution is 2.17. The van der Waals surface area contributed by atoms with Crippen molar-refractivity contribution in [1.82, 2.24) is 10.6 Å². The molecule has 3 N–H and O–H groups in total. The molecule has 0 heterocycles. The first-order chi connectivity index (χ1) is 12.6. The largest absolute Gasteiger partial charge is 0.489 e. The Balaban J connectivity index is 0.00000364. The van der Waals surface area contributed by atoms with Crippen molar-refractivity contribution in [2.24, 2.45) is 4.99 Å². The smallest absolute Gasteiger partial charge is 0.191 e. The molecule has 1 unspecified atom stereocenters. The van der Waals surface area contributed by atoms with Crippen molar-refractivity contribution in [3.63, 3.8) is 0 Å². The van der Waals surface area contributed by atoms with Crippen molar-refractivity contribution >= 4 is 29.9 Å². The van der Waals surface area contributed by atoms with Crippen molar-refractivity contribution in [1.29, 1.82) is 0 Å². The standard InChI is InChI=1S/C19H23F2N3O2.HI/c1-22-19(24-12-15(13-25)14-5-3-2-4-6-14)23-9-10-26-18-8-7-16(20)11-17(18)21;/h2-8,11,15,25H,9-10,12-13H2,1H3,(H2,22,23,24);1H. The SMILES string of the molecule is CN=C(NCCOc1ccc(F)cc1F)NCC(CO)c1ccccc1.I. The van der Waals surface area contributed by atoms with Gasteiger partial charge in [0.05, 0.1) is 13.2 Å².